The molecule has 0 aromatic heterocycles. The molecule has 0 aliphatic carbocycles. The monoisotopic (exact) mass is 414 g/mol. The highest BCUT2D eigenvalue weighted by atomic mass is 16.5. The molecule has 0 N–H and O–H groups in total. The fraction of sp³-hybridized carbons (Fsp3) is 0.708. The van der Waals surface area contributed by atoms with Gasteiger partial charge in [0.05, 0.1) is 12.2 Å². The van der Waals surface area contributed by atoms with Crippen molar-refractivity contribution in [2.45, 2.75) is 51.5 Å². The molecule has 3 aliphatic heterocycles. The van der Waals surface area contributed by atoms with Crippen molar-refractivity contribution in [2.75, 3.05) is 59.4 Å². The second kappa shape index (κ2) is 9.77. The lowest BCUT2D eigenvalue weighted by atomic mass is 10.0. The third-order valence-electron chi connectivity index (χ3n) is 6.82. The number of ether oxygens (including phenoxy) is 1. The van der Waals surface area contributed by atoms with Crippen molar-refractivity contribution in [3.63, 3.8) is 0 Å². The number of piperidine rings is 1. The molecular weight excluding hydrogens is 376 g/mol. The summed E-state index contributed by atoms with van der Waals surface area (Å²) in [6.45, 7) is 13.2. The maximum Gasteiger partial charge on any atom is 0.253 e. The van der Waals surface area contributed by atoms with E-state index in [1.54, 1.807) is 0 Å². The smallest absolute Gasteiger partial charge is 0.253 e. The van der Waals surface area contributed by atoms with Gasteiger partial charge in [0.1, 0.15) is 0 Å². The Balaban J connectivity index is 1.28. The number of hydrogen-bond acceptors (Lipinski definition) is 5. The number of amides is 1. The van der Waals surface area contributed by atoms with Crippen molar-refractivity contribution < 1.29 is 9.53 Å². The van der Waals surface area contributed by atoms with Gasteiger partial charge in [0.15, 0.2) is 0 Å². The van der Waals surface area contributed by atoms with Gasteiger partial charge in [-0.15, -0.1) is 0 Å². The Kier molecular flexibility index (Phi) is 7.08. The summed E-state index contributed by atoms with van der Waals surface area (Å²) in [6, 6.07) is 8.91. The van der Waals surface area contributed by atoms with Crippen molar-refractivity contribution in [2.24, 2.45) is 0 Å². The Morgan fingerprint density at radius 1 is 0.967 bits per heavy atom. The van der Waals surface area contributed by atoms with Crippen LogP contribution in [0.1, 0.15) is 42.6 Å². The average molecular weight is 415 g/mol. The van der Waals surface area contributed by atoms with Gasteiger partial charge in [-0.2, -0.15) is 0 Å². The molecule has 1 aromatic carbocycles. The first kappa shape index (κ1) is 21.8. The van der Waals surface area contributed by atoms with Crippen LogP contribution in [0.25, 0.3) is 0 Å². The zero-order valence-electron chi connectivity index (χ0n) is 18.9. The minimum absolute atomic E-state index is 0.176. The van der Waals surface area contributed by atoms with Crippen LogP contribution in [0.4, 0.5) is 0 Å². The van der Waals surface area contributed by atoms with Crippen LogP contribution in [-0.2, 0) is 11.3 Å². The molecule has 0 spiro atoms. The Labute approximate surface area is 181 Å². The molecule has 1 aromatic rings. The molecular formula is C24H38N4O2. The lowest BCUT2D eigenvalue weighted by Crippen LogP contribution is -2.55. The van der Waals surface area contributed by atoms with Crippen molar-refractivity contribution in [1.29, 1.82) is 0 Å². The van der Waals surface area contributed by atoms with Crippen LogP contribution in [0.3, 0.4) is 0 Å². The molecule has 6 heteroatoms. The molecule has 3 aliphatic rings. The lowest BCUT2D eigenvalue weighted by molar-refractivity contribution is -0.0704. The van der Waals surface area contributed by atoms with E-state index in [1.807, 2.05) is 17.0 Å². The number of rotatable bonds is 4. The van der Waals surface area contributed by atoms with Crippen LogP contribution in [0.15, 0.2) is 24.3 Å². The van der Waals surface area contributed by atoms with Gasteiger partial charge in [-0.1, -0.05) is 12.1 Å². The van der Waals surface area contributed by atoms with Gasteiger partial charge in [-0.05, 0) is 58.0 Å². The van der Waals surface area contributed by atoms with Gasteiger partial charge in [0.25, 0.3) is 5.91 Å². The molecule has 0 saturated carbocycles. The number of morpholine rings is 1. The highest BCUT2D eigenvalue weighted by Crippen LogP contribution is 2.19. The van der Waals surface area contributed by atoms with Crippen molar-refractivity contribution in [1.82, 2.24) is 19.6 Å². The fourth-order valence-corrected chi connectivity index (χ4v) is 5.33. The van der Waals surface area contributed by atoms with E-state index >= 15 is 0 Å². The minimum Gasteiger partial charge on any atom is -0.373 e. The number of benzene rings is 1. The van der Waals surface area contributed by atoms with Gasteiger partial charge in [0.2, 0.25) is 0 Å². The number of hydrogen-bond donors (Lipinski definition) is 0. The maximum absolute atomic E-state index is 13.0. The summed E-state index contributed by atoms with van der Waals surface area (Å²) < 4.78 is 5.83. The van der Waals surface area contributed by atoms with Crippen LogP contribution >= 0.6 is 0 Å². The molecule has 3 heterocycles. The molecule has 0 radical (unpaired) electrons. The van der Waals surface area contributed by atoms with Crippen molar-refractivity contribution in [3.8, 4) is 0 Å². The number of carbonyl (C=O) groups is 1. The molecule has 166 valence electrons. The molecule has 3 saturated heterocycles. The fourth-order valence-electron chi connectivity index (χ4n) is 5.33. The summed E-state index contributed by atoms with van der Waals surface area (Å²) in [5.41, 5.74) is 2.08. The highest BCUT2D eigenvalue weighted by molar-refractivity contribution is 5.94. The standard InChI is InChI=1S/C24H38N4O2/c1-19-15-26(16-20(2)30-19)17-21-6-8-22(9-7-21)24(29)28-13-11-27(12-14-28)23-5-4-10-25(3)18-23/h6-9,19-20,23H,4-5,10-18H2,1-3H3. The maximum atomic E-state index is 13.0. The molecule has 3 atom stereocenters. The van der Waals surface area contributed by atoms with Gasteiger partial charge >= 0.3 is 0 Å². The lowest BCUT2D eigenvalue weighted by Gasteiger charge is -2.42. The first-order valence-corrected chi connectivity index (χ1v) is 11.7. The minimum atomic E-state index is 0.176. The summed E-state index contributed by atoms with van der Waals surface area (Å²) in [5, 5.41) is 0. The highest BCUT2D eigenvalue weighted by Gasteiger charge is 2.29. The van der Waals surface area contributed by atoms with E-state index in [-0.39, 0.29) is 18.1 Å². The first-order valence-electron chi connectivity index (χ1n) is 11.7. The topological polar surface area (TPSA) is 39.3 Å². The second-order valence-corrected chi connectivity index (χ2v) is 9.53. The van der Waals surface area contributed by atoms with Gasteiger partial charge in [0, 0.05) is 64.0 Å². The first-order chi connectivity index (χ1) is 14.5. The predicted molar refractivity (Wildman–Crippen MR) is 120 cm³/mol. The normalized spacial score (nSPS) is 29.8. The quantitative estimate of drug-likeness (QED) is 0.755. The van der Waals surface area contributed by atoms with E-state index in [1.165, 1.54) is 24.9 Å². The van der Waals surface area contributed by atoms with E-state index in [4.69, 9.17) is 4.74 Å². The summed E-state index contributed by atoms with van der Waals surface area (Å²) in [7, 11) is 2.22. The number of piperazine rings is 1. The Morgan fingerprint density at radius 2 is 1.63 bits per heavy atom. The number of likely N-dealkylation sites (N-methyl/N-ethyl adjacent to an activating group) is 1. The number of likely N-dealkylation sites (tertiary alicyclic amines) is 1. The van der Waals surface area contributed by atoms with E-state index in [0.29, 0.717) is 6.04 Å². The van der Waals surface area contributed by atoms with Crippen molar-refractivity contribution >= 4 is 5.91 Å². The summed E-state index contributed by atoms with van der Waals surface area (Å²) in [6.07, 6.45) is 3.14. The molecule has 4 rings (SSSR count). The molecule has 0 bridgehead atoms. The average Bonchev–Trinajstić information content (AvgIpc) is 2.73. The third kappa shape index (κ3) is 5.41. The largest absolute Gasteiger partial charge is 0.373 e. The van der Waals surface area contributed by atoms with E-state index in [2.05, 4.69) is 47.7 Å². The van der Waals surface area contributed by atoms with E-state index in [0.717, 1.165) is 57.9 Å². The third-order valence-corrected chi connectivity index (χ3v) is 6.82. The Morgan fingerprint density at radius 3 is 2.27 bits per heavy atom. The molecule has 30 heavy (non-hydrogen) atoms. The second-order valence-electron chi connectivity index (χ2n) is 9.53. The van der Waals surface area contributed by atoms with E-state index in [9.17, 15) is 4.79 Å². The molecule has 3 fully saturated rings. The van der Waals surface area contributed by atoms with Crippen LogP contribution in [0, 0.1) is 0 Å². The van der Waals surface area contributed by atoms with Crippen molar-refractivity contribution in [3.05, 3.63) is 35.4 Å². The molecule has 3 unspecified atom stereocenters. The van der Waals surface area contributed by atoms with Gasteiger partial charge < -0.3 is 14.5 Å². The summed E-state index contributed by atoms with van der Waals surface area (Å²) in [5.74, 6) is 0.176. The SMILES string of the molecule is CC1CN(Cc2ccc(C(=O)N3CCN(C4CCCN(C)C4)CC3)cc2)CC(C)O1. The Bertz CT molecular complexity index is 692. The number of carbonyl (C=O) groups excluding carboxylic acids is 1. The van der Waals surface area contributed by atoms with E-state index < -0.39 is 0 Å². The van der Waals surface area contributed by atoms with Crippen LogP contribution in [-0.4, -0.2) is 103 Å². The van der Waals surface area contributed by atoms with Crippen LogP contribution < -0.4 is 0 Å². The molecule has 1 amide bonds. The summed E-state index contributed by atoms with van der Waals surface area (Å²) >= 11 is 0. The van der Waals surface area contributed by atoms with Crippen LogP contribution in [0.5, 0.6) is 0 Å². The summed E-state index contributed by atoms with van der Waals surface area (Å²) in [4.78, 5) is 22.5. The molecule has 6 nitrogen and oxygen atoms in total. The Hall–Kier alpha value is -1.47. The zero-order chi connectivity index (χ0) is 21.1. The van der Waals surface area contributed by atoms with Crippen LogP contribution in [0.2, 0.25) is 0 Å². The van der Waals surface area contributed by atoms with Gasteiger partial charge in [-0.3, -0.25) is 14.6 Å². The zero-order valence-corrected chi connectivity index (χ0v) is 18.9. The van der Waals surface area contributed by atoms with Gasteiger partial charge in [-0.25, -0.2) is 0 Å². The number of nitrogens with zero attached hydrogens (tertiary/aromatic N) is 4. The predicted octanol–water partition coefficient (Wildman–Crippen LogP) is 2.15.